The summed E-state index contributed by atoms with van der Waals surface area (Å²) in [5.74, 6) is 0.971. The number of methoxy groups -OCH3 is 1. The molecule has 4 rings (SSSR count). The summed E-state index contributed by atoms with van der Waals surface area (Å²) >= 11 is 0. The number of ether oxygens (including phenoxy) is 1. The molecular formula is C25H26N2O2. The summed E-state index contributed by atoms with van der Waals surface area (Å²) in [5, 5.41) is 0. The van der Waals surface area contributed by atoms with Crippen molar-refractivity contribution in [1.82, 2.24) is 4.90 Å². The molecule has 0 spiro atoms. The van der Waals surface area contributed by atoms with Gasteiger partial charge in [0, 0.05) is 37.4 Å². The molecule has 3 aromatic rings. The zero-order chi connectivity index (χ0) is 20.1. The topological polar surface area (TPSA) is 32.8 Å². The number of hydrogen-bond donors (Lipinski definition) is 0. The first-order valence-electron chi connectivity index (χ1n) is 10.1. The van der Waals surface area contributed by atoms with E-state index in [0.29, 0.717) is 6.54 Å². The maximum atomic E-state index is 13.4. The van der Waals surface area contributed by atoms with E-state index in [-0.39, 0.29) is 5.91 Å². The Morgan fingerprint density at radius 2 is 1.52 bits per heavy atom. The van der Waals surface area contributed by atoms with E-state index in [0.717, 1.165) is 48.5 Å². The Morgan fingerprint density at radius 3 is 2.28 bits per heavy atom. The largest absolute Gasteiger partial charge is 0.497 e. The van der Waals surface area contributed by atoms with E-state index >= 15 is 0 Å². The molecule has 4 nitrogen and oxygen atoms in total. The summed E-state index contributed by atoms with van der Waals surface area (Å²) in [5.41, 5.74) is 4.02. The lowest BCUT2D eigenvalue weighted by Gasteiger charge is -2.24. The maximum absolute atomic E-state index is 13.4. The van der Waals surface area contributed by atoms with E-state index in [1.807, 2.05) is 59.5 Å². The van der Waals surface area contributed by atoms with Crippen molar-refractivity contribution in [3.8, 4) is 16.9 Å². The lowest BCUT2D eigenvalue weighted by molar-refractivity contribution is 0.0768. The quantitative estimate of drug-likeness (QED) is 0.651. The van der Waals surface area contributed by atoms with Crippen LogP contribution in [0.25, 0.3) is 11.1 Å². The highest BCUT2D eigenvalue weighted by Gasteiger charge is 2.22. The van der Waals surface area contributed by atoms with Gasteiger partial charge in [-0.2, -0.15) is 0 Å². The van der Waals surface area contributed by atoms with Crippen LogP contribution in [-0.4, -0.2) is 44.1 Å². The molecule has 3 aromatic carbocycles. The Balaban J connectivity index is 1.51. The van der Waals surface area contributed by atoms with Crippen LogP contribution in [0, 0.1) is 0 Å². The second kappa shape index (κ2) is 8.82. The Hall–Kier alpha value is -3.27. The van der Waals surface area contributed by atoms with Crippen molar-refractivity contribution < 1.29 is 9.53 Å². The van der Waals surface area contributed by atoms with Gasteiger partial charge >= 0.3 is 0 Å². The van der Waals surface area contributed by atoms with Crippen LogP contribution in [0.5, 0.6) is 5.75 Å². The highest BCUT2D eigenvalue weighted by atomic mass is 16.5. The predicted octanol–water partition coefficient (Wildman–Crippen LogP) is 4.71. The zero-order valence-corrected chi connectivity index (χ0v) is 16.8. The van der Waals surface area contributed by atoms with Crippen LogP contribution in [0.3, 0.4) is 0 Å². The third kappa shape index (κ3) is 4.27. The molecule has 1 aliphatic heterocycles. The second-order valence-electron chi connectivity index (χ2n) is 7.24. The van der Waals surface area contributed by atoms with Crippen LogP contribution < -0.4 is 9.64 Å². The SMILES string of the molecule is COc1ccc(N2CCCN(C(=O)c3ccccc3-c3ccccc3)CC2)cc1. The average Bonchev–Trinajstić information content (AvgIpc) is 3.06. The first-order valence-corrected chi connectivity index (χ1v) is 10.1. The summed E-state index contributed by atoms with van der Waals surface area (Å²) < 4.78 is 5.25. The molecule has 4 heteroatoms. The molecule has 148 valence electrons. The number of rotatable bonds is 4. The first kappa shape index (κ1) is 19.1. The van der Waals surface area contributed by atoms with Crippen molar-refractivity contribution in [1.29, 1.82) is 0 Å². The summed E-state index contributed by atoms with van der Waals surface area (Å²) in [7, 11) is 1.68. The smallest absolute Gasteiger partial charge is 0.254 e. The molecule has 1 fully saturated rings. The van der Waals surface area contributed by atoms with E-state index in [1.165, 1.54) is 5.69 Å². The van der Waals surface area contributed by atoms with Crippen molar-refractivity contribution in [3.63, 3.8) is 0 Å². The molecule has 0 unspecified atom stereocenters. The molecule has 0 saturated carbocycles. The number of benzene rings is 3. The van der Waals surface area contributed by atoms with Crippen LogP contribution in [0.4, 0.5) is 5.69 Å². The Kier molecular flexibility index (Phi) is 5.80. The molecule has 0 aromatic heterocycles. The van der Waals surface area contributed by atoms with Gasteiger partial charge in [-0.25, -0.2) is 0 Å². The second-order valence-corrected chi connectivity index (χ2v) is 7.24. The minimum atomic E-state index is 0.112. The van der Waals surface area contributed by atoms with E-state index in [2.05, 4.69) is 29.2 Å². The van der Waals surface area contributed by atoms with Gasteiger partial charge in [0.15, 0.2) is 0 Å². The van der Waals surface area contributed by atoms with Crippen molar-refractivity contribution in [2.75, 3.05) is 38.2 Å². The highest BCUT2D eigenvalue weighted by molar-refractivity contribution is 6.01. The third-order valence-electron chi connectivity index (χ3n) is 5.46. The zero-order valence-electron chi connectivity index (χ0n) is 16.8. The fourth-order valence-corrected chi connectivity index (χ4v) is 3.88. The summed E-state index contributed by atoms with van der Waals surface area (Å²) in [4.78, 5) is 17.7. The lowest BCUT2D eigenvalue weighted by atomic mass is 9.99. The number of amides is 1. The standard InChI is InChI=1S/C25H26N2O2/c1-29-22-14-12-21(13-15-22)26-16-7-17-27(19-18-26)25(28)24-11-6-5-10-23(24)20-8-3-2-4-9-20/h2-6,8-15H,7,16-19H2,1H3. The first-order chi connectivity index (χ1) is 14.3. The molecule has 1 aliphatic rings. The van der Waals surface area contributed by atoms with Gasteiger partial charge in [-0.15, -0.1) is 0 Å². The van der Waals surface area contributed by atoms with Crippen molar-refractivity contribution in [2.45, 2.75) is 6.42 Å². The molecule has 0 aliphatic carbocycles. The van der Waals surface area contributed by atoms with Gasteiger partial charge < -0.3 is 14.5 Å². The Labute approximate surface area is 172 Å². The van der Waals surface area contributed by atoms with Crippen LogP contribution in [0.2, 0.25) is 0 Å². The van der Waals surface area contributed by atoms with Crippen molar-refractivity contribution >= 4 is 11.6 Å². The van der Waals surface area contributed by atoms with E-state index < -0.39 is 0 Å². The van der Waals surface area contributed by atoms with Gasteiger partial charge in [-0.05, 0) is 47.9 Å². The van der Waals surface area contributed by atoms with Crippen LogP contribution >= 0.6 is 0 Å². The normalized spacial score (nSPS) is 14.4. The van der Waals surface area contributed by atoms with Gasteiger partial charge in [0.25, 0.3) is 5.91 Å². The van der Waals surface area contributed by atoms with E-state index in [1.54, 1.807) is 7.11 Å². The fraction of sp³-hybridized carbons (Fsp3) is 0.240. The fourth-order valence-electron chi connectivity index (χ4n) is 3.88. The highest BCUT2D eigenvalue weighted by Crippen LogP contribution is 2.26. The summed E-state index contributed by atoms with van der Waals surface area (Å²) in [6.45, 7) is 3.25. The van der Waals surface area contributed by atoms with Crippen LogP contribution in [0.1, 0.15) is 16.8 Å². The molecule has 1 amide bonds. The van der Waals surface area contributed by atoms with Gasteiger partial charge in [-0.1, -0.05) is 48.5 Å². The molecule has 0 bridgehead atoms. The third-order valence-corrected chi connectivity index (χ3v) is 5.46. The number of anilines is 1. The van der Waals surface area contributed by atoms with Gasteiger partial charge in [0.2, 0.25) is 0 Å². The van der Waals surface area contributed by atoms with Gasteiger partial charge in [0.1, 0.15) is 5.75 Å². The van der Waals surface area contributed by atoms with Gasteiger partial charge in [-0.3, -0.25) is 4.79 Å². The monoisotopic (exact) mass is 386 g/mol. The molecule has 0 radical (unpaired) electrons. The lowest BCUT2D eigenvalue weighted by Crippen LogP contribution is -2.35. The number of nitrogens with zero attached hydrogens (tertiary/aromatic N) is 2. The van der Waals surface area contributed by atoms with Gasteiger partial charge in [0.05, 0.1) is 7.11 Å². The summed E-state index contributed by atoms with van der Waals surface area (Å²) in [6.07, 6.45) is 0.950. The summed E-state index contributed by atoms with van der Waals surface area (Å²) in [6, 6.07) is 26.2. The maximum Gasteiger partial charge on any atom is 0.254 e. The Bertz CT molecular complexity index is 954. The van der Waals surface area contributed by atoms with Crippen molar-refractivity contribution in [2.24, 2.45) is 0 Å². The number of carbonyl (C=O) groups excluding carboxylic acids is 1. The molecule has 1 saturated heterocycles. The average molecular weight is 386 g/mol. The van der Waals surface area contributed by atoms with Crippen molar-refractivity contribution in [3.05, 3.63) is 84.4 Å². The van der Waals surface area contributed by atoms with Crippen LogP contribution in [-0.2, 0) is 0 Å². The predicted molar refractivity (Wildman–Crippen MR) is 118 cm³/mol. The molecular weight excluding hydrogens is 360 g/mol. The molecule has 29 heavy (non-hydrogen) atoms. The number of carbonyl (C=O) groups is 1. The molecule has 1 heterocycles. The van der Waals surface area contributed by atoms with E-state index in [4.69, 9.17) is 4.74 Å². The minimum Gasteiger partial charge on any atom is -0.497 e. The molecule has 0 atom stereocenters. The Morgan fingerprint density at radius 1 is 0.793 bits per heavy atom. The molecule has 0 N–H and O–H groups in total. The van der Waals surface area contributed by atoms with Crippen LogP contribution in [0.15, 0.2) is 78.9 Å². The van der Waals surface area contributed by atoms with E-state index in [9.17, 15) is 4.79 Å². The minimum absolute atomic E-state index is 0.112. The number of hydrogen-bond acceptors (Lipinski definition) is 3.